The van der Waals surface area contributed by atoms with Crippen LogP contribution in [0.15, 0.2) is 28.5 Å². The van der Waals surface area contributed by atoms with Gasteiger partial charge in [-0.3, -0.25) is 19.3 Å². The fourth-order valence-corrected chi connectivity index (χ4v) is 5.72. The van der Waals surface area contributed by atoms with Gasteiger partial charge in [0.15, 0.2) is 11.0 Å². The molecule has 1 fully saturated rings. The molecule has 1 saturated heterocycles. The fourth-order valence-electron chi connectivity index (χ4n) is 4.78. The van der Waals surface area contributed by atoms with Crippen LogP contribution in [0.1, 0.15) is 61.1 Å². The minimum atomic E-state index is -0.434. The van der Waals surface area contributed by atoms with Crippen LogP contribution in [-0.2, 0) is 10.2 Å². The number of nitrogens with one attached hydrogen (secondary N) is 3. The summed E-state index contributed by atoms with van der Waals surface area (Å²) in [5.41, 5.74) is 1.40. The second kappa shape index (κ2) is 13.3. The molecule has 0 saturated carbocycles. The molecule has 16 heteroatoms. The van der Waals surface area contributed by atoms with Crippen molar-refractivity contribution in [2.75, 3.05) is 57.5 Å². The zero-order chi connectivity index (χ0) is 33.1. The van der Waals surface area contributed by atoms with Crippen molar-refractivity contribution in [3.8, 4) is 0 Å². The number of aromatic nitrogens is 7. The number of quaternary nitrogens is 1. The van der Waals surface area contributed by atoms with Gasteiger partial charge < -0.3 is 19.4 Å². The van der Waals surface area contributed by atoms with Gasteiger partial charge in [-0.2, -0.15) is 5.21 Å². The molecule has 244 valence electrons. The van der Waals surface area contributed by atoms with E-state index in [9.17, 15) is 14.4 Å². The van der Waals surface area contributed by atoms with E-state index in [1.54, 1.807) is 24.3 Å². The monoisotopic (exact) mass is 650 g/mol. The maximum atomic E-state index is 13.8. The van der Waals surface area contributed by atoms with E-state index in [-0.39, 0.29) is 23.0 Å². The van der Waals surface area contributed by atoms with Crippen molar-refractivity contribution >= 4 is 52.1 Å². The summed E-state index contributed by atoms with van der Waals surface area (Å²) in [6.45, 7) is 8.48. The highest BCUT2D eigenvalue weighted by Gasteiger charge is 2.26. The zero-order valence-electron chi connectivity index (χ0n) is 26.9. The summed E-state index contributed by atoms with van der Waals surface area (Å²) >= 11 is 1.36. The van der Waals surface area contributed by atoms with Gasteiger partial charge in [-0.1, -0.05) is 20.8 Å². The molecule has 0 bridgehead atoms. The molecule has 4 aromatic rings. The molecular formula is C30H40N11O4S+. The maximum Gasteiger partial charge on any atom is 0.407 e. The Bertz CT molecular complexity index is 1780. The molecule has 4 aromatic heterocycles. The van der Waals surface area contributed by atoms with Crippen molar-refractivity contribution in [2.45, 2.75) is 45.1 Å². The van der Waals surface area contributed by atoms with E-state index in [2.05, 4.69) is 78.2 Å². The first-order valence-corrected chi connectivity index (χ1v) is 15.9. The lowest BCUT2D eigenvalue weighted by Crippen LogP contribution is -2.44. The van der Waals surface area contributed by atoms with Crippen molar-refractivity contribution in [3.63, 3.8) is 0 Å². The highest BCUT2D eigenvalue weighted by molar-refractivity contribution is 7.14. The van der Waals surface area contributed by atoms with Crippen LogP contribution in [0.3, 0.4) is 0 Å². The number of aromatic amines is 1. The minimum absolute atomic E-state index is 0.141. The molecule has 1 aliphatic heterocycles. The van der Waals surface area contributed by atoms with Gasteiger partial charge >= 0.3 is 6.09 Å². The molecule has 2 amide bonds. The van der Waals surface area contributed by atoms with E-state index in [4.69, 9.17) is 9.72 Å². The Morgan fingerprint density at radius 3 is 2.59 bits per heavy atom. The van der Waals surface area contributed by atoms with Crippen LogP contribution in [0, 0.1) is 0 Å². The average Bonchev–Trinajstić information content (AvgIpc) is 3.69. The summed E-state index contributed by atoms with van der Waals surface area (Å²) in [6, 6.07) is 3.16. The topological polar surface area (TPSA) is 172 Å². The number of tetrazole rings is 1. The predicted octanol–water partition coefficient (Wildman–Crippen LogP) is 2.79. The first-order valence-electron chi connectivity index (χ1n) is 15.0. The Morgan fingerprint density at radius 1 is 1.17 bits per heavy atom. The number of fused-ring (bicyclic) bond motifs is 1. The molecule has 0 radical (unpaired) electrons. The van der Waals surface area contributed by atoms with Gasteiger partial charge in [0.2, 0.25) is 0 Å². The van der Waals surface area contributed by atoms with E-state index in [1.807, 2.05) is 10.3 Å². The van der Waals surface area contributed by atoms with Gasteiger partial charge in [0, 0.05) is 48.5 Å². The van der Waals surface area contributed by atoms with Gasteiger partial charge in [0.1, 0.15) is 17.6 Å². The van der Waals surface area contributed by atoms with Crippen LogP contribution < -0.4 is 21.1 Å². The quantitative estimate of drug-likeness (QED) is 0.229. The number of thiazole rings is 1. The zero-order valence-corrected chi connectivity index (χ0v) is 27.7. The number of carbonyl (C=O) groups is 2. The first kappa shape index (κ1) is 32.7. The minimum Gasteiger partial charge on any atom is -0.446 e. The first-order chi connectivity index (χ1) is 21.8. The summed E-state index contributed by atoms with van der Waals surface area (Å²) in [5.74, 6) is 0.400. The molecule has 0 aliphatic carbocycles. The van der Waals surface area contributed by atoms with E-state index in [1.165, 1.54) is 21.9 Å². The number of pyridine rings is 1. The standard InChI is InChI=1S/C30H39N11O4S/c1-30(2,3)22-18-46-28(32-22)34-26(42)19-9-15-40-24(17-19)33-25(21(27(40)43)7-8-23-35-37-38-36-23)39-13-10-20(11-14-39)45-29(44)31-12-16-41(4,5)6/h7-9,15,17-18,20H,10-14,16H2,1-6H3,(H2-,31,32,34,35,36,37,38,42,44)/p+1. The van der Waals surface area contributed by atoms with Gasteiger partial charge in [0.05, 0.1) is 45.5 Å². The molecule has 15 nitrogen and oxygen atoms in total. The molecule has 5 heterocycles. The van der Waals surface area contributed by atoms with Crippen molar-refractivity contribution in [2.24, 2.45) is 0 Å². The summed E-state index contributed by atoms with van der Waals surface area (Å²) in [7, 11) is 6.17. The predicted molar refractivity (Wildman–Crippen MR) is 176 cm³/mol. The second-order valence-corrected chi connectivity index (χ2v) is 14.0. The molecule has 3 N–H and O–H groups in total. The largest absolute Gasteiger partial charge is 0.446 e. The lowest BCUT2D eigenvalue weighted by Gasteiger charge is -2.33. The van der Waals surface area contributed by atoms with Crippen LogP contribution in [0.2, 0.25) is 0 Å². The van der Waals surface area contributed by atoms with Gasteiger partial charge in [-0.15, -0.1) is 21.5 Å². The smallest absolute Gasteiger partial charge is 0.407 e. The van der Waals surface area contributed by atoms with E-state index < -0.39 is 6.09 Å². The number of hydrogen-bond acceptors (Lipinski definition) is 11. The van der Waals surface area contributed by atoms with Crippen molar-refractivity contribution in [1.29, 1.82) is 0 Å². The number of ether oxygens (including phenoxy) is 1. The number of carbonyl (C=O) groups excluding carboxylic acids is 2. The normalized spacial score (nSPS) is 14.6. The van der Waals surface area contributed by atoms with Crippen LogP contribution in [0.4, 0.5) is 15.7 Å². The molecule has 0 atom stereocenters. The van der Waals surface area contributed by atoms with Crippen LogP contribution >= 0.6 is 11.3 Å². The summed E-state index contributed by atoms with van der Waals surface area (Å²) in [6.07, 6.45) is 5.15. The lowest BCUT2D eigenvalue weighted by molar-refractivity contribution is -0.869. The van der Waals surface area contributed by atoms with Crippen molar-refractivity contribution in [1.82, 2.24) is 40.3 Å². The molecule has 5 rings (SSSR count). The SMILES string of the molecule is CC(C)(C)c1csc(NC(=O)c2ccn3c(=O)c(C=Cc4nn[nH]n4)c(N4CCC(OC(=O)NCC[N+](C)(C)C)CC4)nc3c2)n1. The van der Waals surface area contributed by atoms with Gasteiger partial charge in [-0.25, -0.2) is 14.8 Å². The summed E-state index contributed by atoms with van der Waals surface area (Å²) in [5, 5.41) is 21.9. The average molecular weight is 651 g/mol. The van der Waals surface area contributed by atoms with Crippen LogP contribution in [0.25, 0.3) is 17.8 Å². The summed E-state index contributed by atoms with van der Waals surface area (Å²) in [4.78, 5) is 50.7. The van der Waals surface area contributed by atoms with Crippen LogP contribution in [-0.4, -0.2) is 105 Å². The number of hydrogen-bond donors (Lipinski definition) is 3. The number of H-pyrrole nitrogens is 1. The highest BCUT2D eigenvalue weighted by atomic mass is 32.1. The number of amides is 2. The Morgan fingerprint density at radius 2 is 1.93 bits per heavy atom. The van der Waals surface area contributed by atoms with Crippen LogP contribution in [0.5, 0.6) is 0 Å². The molecule has 1 aliphatic rings. The maximum absolute atomic E-state index is 13.8. The van der Waals surface area contributed by atoms with E-state index >= 15 is 0 Å². The highest BCUT2D eigenvalue weighted by Crippen LogP contribution is 2.27. The van der Waals surface area contributed by atoms with Gasteiger partial charge in [-0.05, 0) is 29.5 Å². The molecule has 46 heavy (non-hydrogen) atoms. The number of anilines is 2. The van der Waals surface area contributed by atoms with E-state index in [0.29, 0.717) is 66.0 Å². The third kappa shape index (κ3) is 8.11. The molecule has 0 aromatic carbocycles. The number of likely N-dealkylation sites (N-methyl/N-ethyl adjacent to an activating group) is 1. The third-order valence-corrected chi connectivity index (χ3v) is 8.19. The number of nitrogens with zero attached hydrogens (tertiary/aromatic N) is 8. The number of alkyl carbamates (subject to hydrolysis) is 1. The second-order valence-electron chi connectivity index (χ2n) is 13.2. The Kier molecular flexibility index (Phi) is 9.48. The number of piperidine rings is 1. The number of rotatable bonds is 9. The molecular weight excluding hydrogens is 610 g/mol. The van der Waals surface area contributed by atoms with Crippen molar-refractivity contribution < 1.29 is 18.8 Å². The molecule has 0 unspecified atom stereocenters. The Labute approximate surface area is 270 Å². The Balaban J connectivity index is 1.37. The fraction of sp³-hybridized carbons (Fsp3) is 0.467. The van der Waals surface area contributed by atoms with Crippen molar-refractivity contribution in [3.05, 3.63) is 56.7 Å². The van der Waals surface area contributed by atoms with E-state index in [0.717, 1.165) is 16.7 Å². The summed E-state index contributed by atoms with van der Waals surface area (Å²) < 4.78 is 7.79. The lowest BCUT2D eigenvalue weighted by atomic mass is 9.93. The third-order valence-electron chi connectivity index (χ3n) is 7.43. The molecule has 0 spiro atoms. The van der Waals surface area contributed by atoms with Gasteiger partial charge in [0.25, 0.3) is 11.5 Å². The Hall–Kier alpha value is -4.70.